The molecule has 11 nitrogen and oxygen atoms in total. The first-order valence-electron chi connectivity index (χ1n) is 10.2. The predicted molar refractivity (Wildman–Crippen MR) is 116 cm³/mol. The van der Waals surface area contributed by atoms with E-state index in [2.05, 4.69) is 16.0 Å². The molecule has 0 heterocycles. The lowest BCUT2D eigenvalue weighted by Crippen LogP contribution is -2.50. The van der Waals surface area contributed by atoms with Crippen LogP contribution in [-0.2, 0) is 23.9 Å². The number of nitrogens with one attached hydrogen (secondary N) is 3. The van der Waals surface area contributed by atoms with Crippen molar-refractivity contribution in [3.05, 3.63) is 12.2 Å². The number of aliphatic carboxylic acids is 1. The highest BCUT2D eigenvalue weighted by Gasteiger charge is 2.27. The summed E-state index contributed by atoms with van der Waals surface area (Å²) >= 11 is 0. The van der Waals surface area contributed by atoms with Gasteiger partial charge in [-0.05, 0) is 48.5 Å². The fraction of sp³-hybridized carbons (Fsp3) is 0.667. The molecular weight excluding hydrogens is 422 g/mol. The third-order valence-corrected chi connectivity index (χ3v) is 3.41. The van der Waals surface area contributed by atoms with Crippen LogP contribution in [0.5, 0.6) is 0 Å². The van der Waals surface area contributed by atoms with Crippen molar-refractivity contribution in [2.24, 2.45) is 0 Å². The predicted octanol–water partition coefficient (Wildman–Crippen LogP) is 1.90. The Labute approximate surface area is 188 Å². The maximum Gasteiger partial charge on any atom is 0.408 e. The first-order valence-corrected chi connectivity index (χ1v) is 10.2. The zero-order valence-corrected chi connectivity index (χ0v) is 19.7. The zero-order chi connectivity index (χ0) is 25.1. The van der Waals surface area contributed by atoms with E-state index in [0.29, 0.717) is 0 Å². The van der Waals surface area contributed by atoms with Gasteiger partial charge in [0.15, 0.2) is 0 Å². The number of carbonyl (C=O) groups is 5. The summed E-state index contributed by atoms with van der Waals surface area (Å²) in [5.41, 5.74) is -1.50. The van der Waals surface area contributed by atoms with Crippen LogP contribution >= 0.6 is 0 Å². The first kappa shape index (κ1) is 28.9. The summed E-state index contributed by atoms with van der Waals surface area (Å²) < 4.78 is 10.2. The van der Waals surface area contributed by atoms with Crippen LogP contribution in [0.3, 0.4) is 0 Å². The van der Waals surface area contributed by atoms with Crippen molar-refractivity contribution in [2.45, 2.75) is 84.6 Å². The highest BCUT2D eigenvalue weighted by atomic mass is 16.6. The molecule has 0 radical (unpaired) electrons. The Hall–Kier alpha value is -3.11. The van der Waals surface area contributed by atoms with Crippen LogP contribution < -0.4 is 16.0 Å². The lowest BCUT2D eigenvalue weighted by atomic mass is 10.1. The van der Waals surface area contributed by atoms with Gasteiger partial charge in [-0.3, -0.25) is 9.59 Å². The van der Waals surface area contributed by atoms with Gasteiger partial charge in [0.25, 0.3) is 0 Å². The van der Waals surface area contributed by atoms with Gasteiger partial charge in [-0.15, -0.1) is 0 Å². The number of rotatable bonds is 10. The van der Waals surface area contributed by atoms with Gasteiger partial charge in [0.05, 0.1) is 0 Å². The molecule has 0 aromatic heterocycles. The Morgan fingerprint density at radius 1 is 0.906 bits per heavy atom. The maximum atomic E-state index is 12.6. The largest absolute Gasteiger partial charge is 0.478 e. The van der Waals surface area contributed by atoms with E-state index in [-0.39, 0.29) is 19.4 Å². The van der Waals surface area contributed by atoms with Gasteiger partial charge in [-0.25, -0.2) is 14.4 Å². The maximum absolute atomic E-state index is 12.6. The molecule has 2 unspecified atom stereocenters. The monoisotopic (exact) mass is 457 g/mol. The second-order valence-electron chi connectivity index (χ2n) is 9.11. The molecular formula is C21H35N3O8. The molecule has 32 heavy (non-hydrogen) atoms. The molecule has 0 saturated carbocycles. The van der Waals surface area contributed by atoms with E-state index >= 15 is 0 Å². The van der Waals surface area contributed by atoms with Crippen molar-refractivity contribution in [3.8, 4) is 0 Å². The Kier molecular flexibility index (Phi) is 11.4. The fourth-order valence-electron chi connectivity index (χ4n) is 2.21. The summed E-state index contributed by atoms with van der Waals surface area (Å²) in [6.07, 6.45) is 0.118. The van der Waals surface area contributed by atoms with Crippen LogP contribution in [-0.4, -0.2) is 64.8 Å². The zero-order valence-electron chi connectivity index (χ0n) is 19.7. The third-order valence-electron chi connectivity index (χ3n) is 3.41. The number of ketones is 1. The Bertz CT molecular complexity index is 720. The van der Waals surface area contributed by atoms with Crippen molar-refractivity contribution < 1.29 is 38.6 Å². The lowest BCUT2D eigenvalue weighted by molar-refractivity contribution is -0.131. The van der Waals surface area contributed by atoms with Gasteiger partial charge in [0.2, 0.25) is 5.91 Å². The van der Waals surface area contributed by atoms with Crippen molar-refractivity contribution >= 4 is 29.8 Å². The van der Waals surface area contributed by atoms with Crippen molar-refractivity contribution in [1.29, 1.82) is 0 Å². The number of hydrogen-bond acceptors (Lipinski definition) is 7. The molecule has 182 valence electrons. The molecule has 11 heteroatoms. The summed E-state index contributed by atoms with van der Waals surface area (Å²) in [4.78, 5) is 59.3. The second kappa shape index (κ2) is 12.7. The van der Waals surface area contributed by atoms with Crippen LogP contribution in [0.25, 0.3) is 0 Å². The van der Waals surface area contributed by atoms with Crippen LogP contribution in [0.4, 0.5) is 9.59 Å². The molecule has 0 rings (SSSR count). The van der Waals surface area contributed by atoms with E-state index in [4.69, 9.17) is 14.6 Å². The van der Waals surface area contributed by atoms with Gasteiger partial charge in [-0.1, -0.05) is 6.08 Å². The molecule has 3 amide bonds. The van der Waals surface area contributed by atoms with E-state index < -0.39 is 53.1 Å². The highest BCUT2D eigenvalue weighted by molar-refractivity contribution is 5.92. The summed E-state index contributed by atoms with van der Waals surface area (Å²) in [5, 5.41) is 16.0. The summed E-state index contributed by atoms with van der Waals surface area (Å²) in [5.74, 6) is -2.26. The average Bonchev–Trinajstić information content (AvgIpc) is 2.56. The minimum absolute atomic E-state index is 0.00766. The van der Waals surface area contributed by atoms with Crippen LogP contribution in [0.2, 0.25) is 0 Å². The Morgan fingerprint density at radius 3 is 1.94 bits per heavy atom. The summed E-state index contributed by atoms with van der Waals surface area (Å²) in [7, 11) is 0. The van der Waals surface area contributed by atoms with Crippen molar-refractivity contribution in [3.63, 3.8) is 0 Å². The second-order valence-corrected chi connectivity index (χ2v) is 9.11. The third kappa shape index (κ3) is 15.7. The molecule has 0 saturated heterocycles. The van der Waals surface area contributed by atoms with E-state index in [1.165, 1.54) is 13.0 Å². The molecule has 0 spiro atoms. The molecule has 0 aliphatic carbocycles. The van der Waals surface area contributed by atoms with Gasteiger partial charge < -0.3 is 30.5 Å². The Morgan fingerprint density at radius 2 is 1.44 bits per heavy atom. The normalized spacial score (nSPS) is 13.6. The number of alkyl carbamates (subject to hydrolysis) is 2. The van der Waals surface area contributed by atoms with E-state index in [1.54, 1.807) is 41.5 Å². The first-order chi connectivity index (χ1) is 14.5. The topological polar surface area (TPSA) is 160 Å². The number of ether oxygens (including phenoxy) is 2. The van der Waals surface area contributed by atoms with Gasteiger partial charge >= 0.3 is 18.2 Å². The Balaban J connectivity index is 5.00. The number of amides is 3. The van der Waals surface area contributed by atoms with Gasteiger partial charge in [-0.2, -0.15) is 0 Å². The molecule has 0 aliphatic heterocycles. The highest BCUT2D eigenvalue weighted by Crippen LogP contribution is 2.09. The summed E-state index contributed by atoms with van der Waals surface area (Å²) in [6.45, 7) is 11.6. The smallest absolute Gasteiger partial charge is 0.408 e. The van der Waals surface area contributed by atoms with Gasteiger partial charge in [0.1, 0.15) is 23.0 Å². The lowest BCUT2D eigenvalue weighted by Gasteiger charge is -2.24. The van der Waals surface area contributed by atoms with E-state index in [9.17, 15) is 24.0 Å². The number of hydrogen-bond donors (Lipinski definition) is 4. The molecule has 0 bridgehead atoms. The molecule has 0 aromatic carbocycles. The van der Waals surface area contributed by atoms with Crippen molar-refractivity contribution in [1.82, 2.24) is 16.0 Å². The molecule has 0 aliphatic rings. The van der Waals surface area contributed by atoms with Crippen LogP contribution in [0.15, 0.2) is 12.2 Å². The fourth-order valence-corrected chi connectivity index (χ4v) is 2.21. The standard InChI is InChI=1S/C21H35N3O8/c1-13(8-9-16(26)27)23-17(28)15(24-19(30)32-21(5,6)7)12-14(25)10-11-22-18(29)31-20(2,3)4/h8-9,13,15H,10-12H2,1-7H3,(H,22,29)(H,23,28)(H,24,30)(H,26,27)/b9-8+. The van der Waals surface area contributed by atoms with Crippen molar-refractivity contribution in [2.75, 3.05) is 6.54 Å². The van der Waals surface area contributed by atoms with Gasteiger partial charge in [0, 0.05) is 31.5 Å². The minimum atomic E-state index is -1.25. The number of carboxylic acid groups (broad SMARTS) is 1. The SMILES string of the molecule is CC(/C=C/C(=O)O)NC(=O)C(CC(=O)CCNC(=O)OC(C)(C)C)NC(=O)OC(C)(C)C. The van der Waals surface area contributed by atoms with E-state index in [0.717, 1.165) is 6.08 Å². The molecule has 4 N–H and O–H groups in total. The number of Topliss-reactive ketones (excluding diaryl/α,β-unsaturated/α-hetero) is 1. The molecule has 0 aromatic rings. The average molecular weight is 458 g/mol. The summed E-state index contributed by atoms with van der Waals surface area (Å²) in [6, 6.07) is -1.91. The number of carbonyl (C=O) groups excluding carboxylic acids is 4. The number of carboxylic acids is 1. The minimum Gasteiger partial charge on any atom is -0.478 e. The van der Waals surface area contributed by atoms with Crippen LogP contribution in [0.1, 0.15) is 61.3 Å². The molecule has 2 atom stereocenters. The quantitative estimate of drug-likeness (QED) is 0.362. The van der Waals surface area contributed by atoms with E-state index in [1.807, 2.05) is 0 Å². The van der Waals surface area contributed by atoms with Crippen LogP contribution in [0, 0.1) is 0 Å². The molecule has 0 fully saturated rings.